The van der Waals surface area contributed by atoms with Crippen molar-refractivity contribution in [1.29, 1.82) is 0 Å². The van der Waals surface area contributed by atoms with Crippen molar-refractivity contribution in [1.82, 2.24) is 4.98 Å². The van der Waals surface area contributed by atoms with E-state index in [1.165, 1.54) is 13.2 Å². The Labute approximate surface area is 149 Å². The number of aromatic nitrogens is 1. The van der Waals surface area contributed by atoms with E-state index in [0.29, 0.717) is 11.1 Å². The molecule has 134 valence electrons. The minimum Gasteiger partial charge on any atom is -0.503 e. The summed E-state index contributed by atoms with van der Waals surface area (Å²) >= 11 is 5.98. The van der Waals surface area contributed by atoms with Gasteiger partial charge < -0.3 is 14.6 Å². The molecule has 0 amide bonds. The fraction of sp³-hybridized carbons (Fsp3) is 0.200. The number of carboxylic acids is 1. The highest BCUT2D eigenvalue weighted by molar-refractivity contribution is 7.16. The minimum absolute atomic E-state index is 0.123. The molecule has 2 rings (SSSR count). The largest absolute Gasteiger partial charge is 0.503 e. The number of halogens is 4. The molecule has 2 aromatic rings. The van der Waals surface area contributed by atoms with Gasteiger partial charge in [-0.1, -0.05) is 47.2 Å². The molecule has 0 aliphatic heterocycles. The molecular weight excluding hydrogens is 383 g/mol. The molecule has 1 aromatic carbocycles. The first-order chi connectivity index (χ1) is 11.7. The maximum Gasteiger partial charge on any atom is 0.443 e. The number of rotatable bonds is 6. The summed E-state index contributed by atoms with van der Waals surface area (Å²) in [7, 11) is 1.30. The van der Waals surface area contributed by atoms with Crippen molar-refractivity contribution < 1.29 is 32.5 Å². The fourth-order valence-corrected chi connectivity index (χ4v) is 2.82. The molecule has 5 nitrogen and oxygen atoms in total. The number of alkyl halides is 3. The Morgan fingerprint density at radius 1 is 1.40 bits per heavy atom. The van der Waals surface area contributed by atoms with Crippen LogP contribution >= 0.6 is 22.9 Å². The Balaban J connectivity index is 2.27. The molecule has 10 heteroatoms. The summed E-state index contributed by atoms with van der Waals surface area (Å²) in [6, 6.07) is 6.36. The highest BCUT2D eigenvalue weighted by atomic mass is 35.5. The van der Waals surface area contributed by atoms with E-state index in [1.54, 1.807) is 18.2 Å². The molecule has 1 aromatic heterocycles. The summed E-state index contributed by atoms with van der Waals surface area (Å²) in [6.45, 7) is -0.217. The van der Waals surface area contributed by atoms with Crippen LogP contribution in [0.4, 0.5) is 13.2 Å². The van der Waals surface area contributed by atoms with Gasteiger partial charge in [0.25, 0.3) is 0 Å². The van der Waals surface area contributed by atoms with Gasteiger partial charge in [-0.2, -0.15) is 18.2 Å². The number of hydrogen-bond donors (Lipinski definition) is 1. The van der Waals surface area contributed by atoms with Crippen LogP contribution < -0.4 is 4.74 Å². The highest BCUT2D eigenvalue weighted by Crippen LogP contribution is 2.39. The van der Waals surface area contributed by atoms with Gasteiger partial charge in [0.05, 0.1) is 13.4 Å². The van der Waals surface area contributed by atoms with Crippen molar-refractivity contribution in [3.8, 4) is 5.88 Å². The van der Waals surface area contributed by atoms with Crippen molar-refractivity contribution in [3.63, 3.8) is 0 Å². The summed E-state index contributed by atoms with van der Waals surface area (Å²) < 4.78 is 47.7. The summed E-state index contributed by atoms with van der Waals surface area (Å²) in [5.74, 6) is -1.58. The first-order valence-corrected chi connectivity index (χ1v) is 7.84. The third kappa shape index (κ3) is 4.64. The quantitative estimate of drug-likeness (QED) is 0.579. The Morgan fingerprint density at radius 3 is 2.64 bits per heavy atom. The lowest BCUT2D eigenvalue weighted by Crippen LogP contribution is -2.07. The predicted octanol–water partition coefficient (Wildman–Crippen LogP) is 4.47. The van der Waals surface area contributed by atoms with E-state index in [-0.39, 0.29) is 33.7 Å². The number of benzene rings is 1. The predicted molar refractivity (Wildman–Crippen MR) is 85.5 cm³/mol. The number of nitrogens with zero attached hydrogens (tertiary/aromatic N) is 1. The average molecular weight is 394 g/mol. The Kier molecular flexibility index (Phi) is 5.91. The second kappa shape index (κ2) is 7.75. The van der Waals surface area contributed by atoms with Crippen LogP contribution in [0.25, 0.3) is 5.57 Å². The second-order valence-corrected chi connectivity index (χ2v) is 6.21. The van der Waals surface area contributed by atoms with E-state index in [2.05, 4.69) is 4.98 Å². The minimum atomic E-state index is -4.62. The molecule has 0 aliphatic carbocycles. The number of carbonyl (C=O) groups is 1. The van der Waals surface area contributed by atoms with Crippen molar-refractivity contribution in [2.45, 2.75) is 12.8 Å². The van der Waals surface area contributed by atoms with Gasteiger partial charge in [0.1, 0.15) is 12.2 Å². The van der Waals surface area contributed by atoms with E-state index < -0.39 is 17.2 Å². The zero-order valence-corrected chi connectivity index (χ0v) is 14.2. The fourth-order valence-electron chi connectivity index (χ4n) is 1.90. The third-order valence-electron chi connectivity index (χ3n) is 2.94. The first kappa shape index (κ1) is 19.1. The summed E-state index contributed by atoms with van der Waals surface area (Å²) in [6.07, 6.45) is -3.57. The van der Waals surface area contributed by atoms with Crippen LogP contribution in [0.1, 0.15) is 16.1 Å². The lowest BCUT2D eigenvalue weighted by atomic mass is 10.0. The van der Waals surface area contributed by atoms with E-state index in [9.17, 15) is 23.1 Å². The standard InChI is InChI=1S/C15H11ClF3NO4S/c1-23-7-10(13(21)22)9-5-3-2-4-8(9)6-24-12-11(16)25-14(20-12)15(17,18)19/h2-5,7H,6H2,1H3,(H,21,22)/b10-7+. The van der Waals surface area contributed by atoms with Crippen LogP contribution in [0.3, 0.4) is 0 Å². The molecule has 0 radical (unpaired) electrons. The van der Waals surface area contributed by atoms with Crippen molar-refractivity contribution in [3.05, 3.63) is 51.0 Å². The number of aliphatic carboxylic acids is 1. The zero-order valence-electron chi connectivity index (χ0n) is 12.6. The zero-order chi connectivity index (χ0) is 18.6. The Bertz CT molecular complexity index is 804. The summed E-state index contributed by atoms with van der Waals surface area (Å²) in [5.41, 5.74) is 0.604. The van der Waals surface area contributed by atoms with Crippen LogP contribution in [-0.4, -0.2) is 23.2 Å². The maximum atomic E-state index is 12.6. The molecule has 0 spiro atoms. The highest BCUT2D eigenvalue weighted by Gasteiger charge is 2.36. The van der Waals surface area contributed by atoms with Crippen LogP contribution in [-0.2, 0) is 22.3 Å². The normalized spacial score (nSPS) is 12.1. The first-order valence-electron chi connectivity index (χ1n) is 6.65. The smallest absolute Gasteiger partial charge is 0.443 e. The van der Waals surface area contributed by atoms with Crippen molar-refractivity contribution in [2.24, 2.45) is 0 Å². The van der Waals surface area contributed by atoms with Crippen molar-refractivity contribution in [2.75, 3.05) is 7.11 Å². The van der Waals surface area contributed by atoms with Gasteiger partial charge in [-0.15, -0.1) is 0 Å². The van der Waals surface area contributed by atoms with E-state index >= 15 is 0 Å². The van der Waals surface area contributed by atoms with Crippen LogP contribution in [0.15, 0.2) is 30.5 Å². The molecule has 0 aliphatic rings. The van der Waals surface area contributed by atoms with Crippen LogP contribution in [0.5, 0.6) is 5.88 Å². The molecule has 1 heterocycles. The maximum absolute atomic E-state index is 12.6. The molecular formula is C15H11ClF3NO4S. The van der Waals surface area contributed by atoms with Crippen LogP contribution in [0.2, 0.25) is 4.34 Å². The Morgan fingerprint density at radius 2 is 2.08 bits per heavy atom. The molecule has 0 bridgehead atoms. The third-order valence-corrected chi connectivity index (χ3v) is 4.20. The van der Waals surface area contributed by atoms with Gasteiger partial charge in [-0.05, 0) is 11.1 Å². The molecule has 0 atom stereocenters. The molecule has 1 N–H and O–H groups in total. The van der Waals surface area contributed by atoms with Gasteiger partial charge in [0.2, 0.25) is 10.9 Å². The SMILES string of the molecule is CO/C=C(/C(=O)O)c1ccccc1COc1nc(C(F)(F)F)sc1Cl. The molecule has 25 heavy (non-hydrogen) atoms. The average Bonchev–Trinajstić information content (AvgIpc) is 2.92. The monoisotopic (exact) mass is 393 g/mol. The molecule has 0 saturated carbocycles. The topological polar surface area (TPSA) is 68.7 Å². The number of carboxylic acid groups (broad SMARTS) is 1. The van der Waals surface area contributed by atoms with Gasteiger partial charge in [0, 0.05) is 0 Å². The number of ether oxygens (including phenoxy) is 2. The number of hydrogen-bond acceptors (Lipinski definition) is 5. The summed E-state index contributed by atoms with van der Waals surface area (Å²) in [4.78, 5) is 14.7. The molecule has 0 fully saturated rings. The van der Waals surface area contributed by atoms with E-state index in [4.69, 9.17) is 21.1 Å². The van der Waals surface area contributed by atoms with E-state index in [1.807, 2.05) is 0 Å². The number of methoxy groups -OCH3 is 1. The van der Waals surface area contributed by atoms with Gasteiger partial charge in [-0.25, -0.2) is 4.79 Å². The van der Waals surface area contributed by atoms with E-state index in [0.717, 1.165) is 6.26 Å². The lowest BCUT2D eigenvalue weighted by Gasteiger charge is -2.10. The van der Waals surface area contributed by atoms with Gasteiger partial charge in [-0.3, -0.25) is 0 Å². The van der Waals surface area contributed by atoms with Crippen molar-refractivity contribution >= 4 is 34.5 Å². The number of thiazole rings is 1. The lowest BCUT2D eigenvalue weighted by molar-refractivity contribution is -0.137. The van der Waals surface area contributed by atoms with Gasteiger partial charge >= 0.3 is 12.1 Å². The van der Waals surface area contributed by atoms with Crippen LogP contribution in [0, 0.1) is 0 Å². The van der Waals surface area contributed by atoms with Gasteiger partial charge in [0.15, 0.2) is 4.34 Å². The second-order valence-electron chi connectivity index (χ2n) is 4.61. The Hall–Kier alpha value is -2.26. The summed E-state index contributed by atoms with van der Waals surface area (Å²) in [5, 5.41) is 8.14. The molecule has 0 unspecified atom stereocenters. The molecule has 0 saturated heterocycles.